The van der Waals surface area contributed by atoms with Crippen LogP contribution in [0, 0.1) is 5.41 Å². The summed E-state index contributed by atoms with van der Waals surface area (Å²) in [5.74, 6) is 0.0582. The lowest BCUT2D eigenvalue weighted by atomic mass is 9.90. The van der Waals surface area contributed by atoms with E-state index in [0.717, 1.165) is 12.5 Å². The molecule has 1 aromatic rings. The van der Waals surface area contributed by atoms with Gasteiger partial charge in [-0.3, -0.25) is 0 Å². The van der Waals surface area contributed by atoms with Crippen LogP contribution < -0.4 is 5.32 Å². The van der Waals surface area contributed by atoms with Gasteiger partial charge in [-0.25, -0.2) is 9.97 Å². The fourth-order valence-corrected chi connectivity index (χ4v) is 1.63. The fraction of sp³-hybridized carbons (Fsp3) is 0.667. The third-order valence-corrected chi connectivity index (χ3v) is 2.89. The zero-order valence-corrected chi connectivity index (χ0v) is 12.3. The van der Waals surface area contributed by atoms with E-state index >= 15 is 0 Å². The highest BCUT2D eigenvalue weighted by Gasteiger charge is 2.33. The summed E-state index contributed by atoms with van der Waals surface area (Å²) in [5, 5.41) is 2.42. The molecule has 0 radical (unpaired) electrons. The first kappa shape index (κ1) is 17.0. The van der Waals surface area contributed by atoms with Crippen LogP contribution in [0.4, 0.5) is 19.0 Å². The quantitative estimate of drug-likeness (QED) is 0.815. The van der Waals surface area contributed by atoms with Gasteiger partial charge >= 0.3 is 6.18 Å². The molecule has 20 heavy (non-hydrogen) atoms. The van der Waals surface area contributed by atoms with E-state index in [0.29, 0.717) is 13.2 Å². The summed E-state index contributed by atoms with van der Waals surface area (Å²) in [5.41, 5.74) is -1.21. The molecule has 0 saturated heterocycles. The van der Waals surface area contributed by atoms with Gasteiger partial charge in [-0.05, 0) is 23.4 Å². The number of nitrogens with zero attached hydrogens (tertiary/aromatic N) is 2. The second kappa shape index (κ2) is 6.58. The van der Waals surface area contributed by atoms with Crippen molar-refractivity contribution < 1.29 is 17.9 Å². The van der Waals surface area contributed by atoms with Crippen molar-refractivity contribution in [3.05, 3.63) is 17.0 Å². The number of anilines is 1. The molecule has 114 valence electrons. The molecule has 0 aliphatic heterocycles. The summed E-state index contributed by atoms with van der Waals surface area (Å²) in [6, 6.07) is 0.846. The Labute approximate surface area is 120 Å². The standard InChI is InChI=1S/C12H17ClF3N3O/c1-11(2,4-5-20-3)7-17-9-6-8(12(14,15)16)18-10(13)19-9/h6H,4-5,7H2,1-3H3,(H,17,18,19). The van der Waals surface area contributed by atoms with E-state index in [1.165, 1.54) is 0 Å². The maximum Gasteiger partial charge on any atom is 0.433 e. The van der Waals surface area contributed by atoms with E-state index in [4.69, 9.17) is 16.3 Å². The third kappa shape index (κ3) is 5.50. The molecule has 0 unspecified atom stereocenters. The summed E-state index contributed by atoms with van der Waals surface area (Å²) in [6.07, 6.45) is -3.78. The number of nitrogens with one attached hydrogen (secondary N) is 1. The zero-order chi connectivity index (χ0) is 15.4. The molecule has 8 heteroatoms. The first-order valence-electron chi connectivity index (χ1n) is 5.99. The third-order valence-electron chi connectivity index (χ3n) is 2.72. The number of rotatable bonds is 6. The predicted molar refractivity (Wildman–Crippen MR) is 70.8 cm³/mol. The topological polar surface area (TPSA) is 47.0 Å². The van der Waals surface area contributed by atoms with E-state index in [2.05, 4.69) is 15.3 Å². The van der Waals surface area contributed by atoms with Gasteiger partial charge < -0.3 is 10.1 Å². The Hall–Kier alpha value is -1.08. The summed E-state index contributed by atoms with van der Waals surface area (Å²) < 4.78 is 42.8. The highest BCUT2D eigenvalue weighted by molar-refractivity contribution is 6.28. The molecular formula is C12H17ClF3N3O. The Balaban J connectivity index is 2.76. The lowest BCUT2D eigenvalue weighted by Crippen LogP contribution is -2.25. The molecule has 1 heterocycles. The summed E-state index contributed by atoms with van der Waals surface area (Å²) >= 11 is 5.51. The molecule has 0 aliphatic rings. The normalized spacial score (nSPS) is 12.6. The van der Waals surface area contributed by atoms with Crippen molar-refractivity contribution in [2.45, 2.75) is 26.4 Å². The van der Waals surface area contributed by atoms with Gasteiger partial charge in [-0.15, -0.1) is 0 Å². The van der Waals surface area contributed by atoms with Gasteiger partial charge in [0, 0.05) is 26.3 Å². The average Bonchev–Trinajstić information content (AvgIpc) is 2.32. The molecule has 0 amide bonds. The number of alkyl halides is 3. The molecule has 0 bridgehead atoms. The van der Waals surface area contributed by atoms with E-state index in [1.54, 1.807) is 7.11 Å². The van der Waals surface area contributed by atoms with E-state index in [1.807, 2.05) is 13.8 Å². The van der Waals surface area contributed by atoms with Crippen molar-refractivity contribution in [1.29, 1.82) is 0 Å². The Bertz CT molecular complexity index is 452. The van der Waals surface area contributed by atoms with Crippen LogP contribution >= 0.6 is 11.6 Å². The number of aromatic nitrogens is 2. The van der Waals surface area contributed by atoms with Gasteiger partial charge in [0.1, 0.15) is 5.82 Å². The molecule has 0 atom stereocenters. The molecule has 0 spiro atoms. The minimum absolute atomic E-state index is 0.0582. The van der Waals surface area contributed by atoms with Crippen LogP contribution in [0.1, 0.15) is 26.0 Å². The van der Waals surface area contributed by atoms with Crippen molar-refractivity contribution in [2.75, 3.05) is 25.6 Å². The summed E-state index contributed by atoms with van der Waals surface area (Å²) in [4.78, 5) is 6.91. The number of methoxy groups -OCH3 is 1. The molecule has 1 N–H and O–H groups in total. The van der Waals surface area contributed by atoms with Crippen molar-refractivity contribution in [2.24, 2.45) is 5.41 Å². The summed E-state index contributed by atoms with van der Waals surface area (Å²) in [7, 11) is 1.60. The maximum absolute atomic E-state index is 12.6. The minimum Gasteiger partial charge on any atom is -0.385 e. The second-order valence-corrected chi connectivity index (χ2v) is 5.50. The van der Waals surface area contributed by atoms with Crippen LogP contribution in [0.3, 0.4) is 0 Å². The molecule has 0 saturated carbocycles. The van der Waals surface area contributed by atoms with Crippen LogP contribution in [-0.4, -0.2) is 30.2 Å². The minimum atomic E-state index is -4.55. The Kier molecular flexibility index (Phi) is 5.59. The van der Waals surface area contributed by atoms with Gasteiger partial charge in [0.2, 0.25) is 5.28 Å². The maximum atomic E-state index is 12.6. The first-order chi connectivity index (χ1) is 9.14. The molecule has 1 rings (SSSR count). The van der Waals surface area contributed by atoms with Crippen LogP contribution in [-0.2, 0) is 10.9 Å². The van der Waals surface area contributed by atoms with Crippen LogP contribution in [0.25, 0.3) is 0 Å². The molecule has 1 aromatic heterocycles. The number of hydrogen-bond donors (Lipinski definition) is 1. The summed E-state index contributed by atoms with van der Waals surface area (Å²) in [6.45, 7) is 4.98. The highest BCUT2D eigenvalue weighted by atomic mass is 35.5. The van der Waals surface area contributed by atoms with Crippen LogP contribution in [0.15, 0.2) is 6.07 Å². The lowest BCUT2D eigenvalue weighted by molar-refractivity contribution is -0.141. The van der Waals surface area contributed by atoms with Gasteiger partial charge in [0.15, 0.2) is 5.69 Å². The van der Waals surface area contributed by atoms with Crippen molar-refractivity contribution in [3.8, 4) is 0 Å². The highest BCUT2D eigenvalue weighted by Crippen LogP contribution is 2.30. The van der Waals surface area contributed by atoms with Crippen LogP contribution in [0.2, 0.25) is 5.28 Å². The molecule has 0 aromatic carbocycles. The number of ether oxygens (including phenoxy) is 1. The van der Waals surface area contributed by atoms with Crippen molar-refractivity contribution in [1.82, 2.24) is 9.97 Å². The van der Waals surface area contributed by atoms with Crippen molar-refractivity contribution >= 4 is 17.4 Å². The number of halogens is 4. The van der Waals surface area contributed by atoms with Gasteiger partial charge in [0.05, 0.1) is 0 Å². The largest absolute Gasteiger partial charge is 0.433 e. The Morgan fingerprint density at radius 1 is 1.30 bits per heavy atom. The van der Waals surface area contributed by atoms with Gasteiger partial charge in [-0.2, -0.15) is 13.2 Å². The molecule has 4 nitrogen and oxygen atoms in total. The smallest absolute Gasteiger partial charge is 0.385 e. The number of hydrogen-bond acceptors (Lipinski definition) is 4. The van der Waals surface area contributed by atoms with E-state index in [9.17, 15) is 13.2 Å². The Morgan fingerprint density at radius 3 is 2.50 bits per heavy atom. The monoisotopic (exact) mass is 311 g/mol. The SMILES string of the molecule is COCCC(C)(C)CNc1cc(C(F)(F)F)nc(Cl)n1. The lowest BCUT2D eigenvalue weighted by Gasteiger charge is -2.25. The molecule has 0 aliphatic carbocycles. The average molecular weight is 312 g/mol. The van der Waals surface area contributed by atoms with Gasteiger partial charge in [0.25, 0.3) is 0 Å². The Morgan fingerprint density at radius 2 is 1.95 bits per heavy atom. The first-order valence-corrected chi connectivity index (χ1v) is 6.36. The van der Waals surface area contributed by atoms with Crippen molar-refractivity contribution in [3.63, 3.8) is 0 Å². The fourth-order valence-electron chi connectivity index (χ4n) is 1.45. The van der Waals surface area contributed by atoms with Gasteiger partial charge in [-0.1, -0.05) is 13.8 Å². The second-order valence-electron chi connectivity index (χ2n) is 5.17. The van der Waals surface area contributed by atoms with Crippen LogP contribution in [0.5, 0.6) is 0 Å². The van der Waals surface area contributed by atoms with E-state index in [-0.39, 0.29) is 11.2 Å². The molecular weight excluding hydrogens is 295 g/mol. The zero-order valence-electron chi connectivity index (χ0n) is 11.5. The predicted octanol–water partition coefficient (Wildman–Crippen LogP) is 3.62. The molecule has 0 fully saturated rings. The van der Waals surface area contributed by atoms with E-state index < -0.39 is 17.2 Å².